The van der Waals surface area contributed by atoms with Crippen molar-refractivity contribution in [1.82, 2.24) is 9.80 Å². The number of likely N-dealkylation sites (tertiary alicyclic amines) is 1. The van der Waals surface area contributed by atoms with Gasteiger partial charge in [-0.1, -0.05) is 6.07 Å². The summed E-state index contributed by atoms with van der Waals surface area (Å²) in [6, 6.07) is 5.80. The fourth-order valence-electron chi connectivity index (χ4n) is 4.25. The minimum absolute atomic E-state index is 0.229. The lowest BCUT2D eigenvalue weighted by molar-refractivity contribution is 0.119. The first-order chi connectivity index (χ1) is 12.5. The Hall–Kier alpha value is -1.69. The highest BCUT2D eigenvalue weighted by Crippen LogP contribution is 2.24. The lowest BCUT2D eigenvalue weighted by Crippen LogP contribution is -2.41. The zero-order valence-electron chi connectivity index (χ0n) is 16.1. The lowest BCUT2D eigenvalue weighted by atomic mass is 9.97. The number of benzene rings is 1. The highest BCUT2D eigenvalue weighted by molar-refractivity contribution is 5.83. The van der Waals surface area contributed by atoms with Crippen molar-refractivity contribution in [2.75, 3.05) is 39.8 Å². The summed E-state index contributed by atoms with van der Waals surface area (Å²) in [5.41, 5.74) is 3.65. The molecule has 0 saturated carbocycles. The topological polar surface area (TPSA) is 56.9 Å². The number of nitrogens with zero attached hydrogens (tertiary/aromatic N) is 2. The highest BCUT2D eigenvalue weighted by Gasteiger charge is 2.21. The molecule has 0 aliphatic carbocycles. The summed E-state index contributed by atoms with van der Waals surface area (Å²) < 4.78 is 5.46. The van der Waals surface area contributed by atoms with Crippen LogP contribution < -0.4 is 5.63 Å². The second-order valence-corrected chi connectivity index (χ2v) is 7.78. The summed E-state index contributed by atoms with van der Waals surface area (Å²) in [6.45, 7) is 8.92. The van der Waals surface area contributed by atoms with E-state index in [1.165, 1.54) is 18.4 Å². The molecule has 1 saturated heterocycles. The molecule has 1 N–H and O–H groups in total. The molecule has 0 spiro atoms. The molecule has 1 aromatic carbocycles. The smallest absolute Gasteiger partial charge is 0.336 e. The number of hydrogen-bond donors (Lipinski definition) is 1. The zero-order chi connectivity index (χ0) is 18.7. The van der Waals surface area contributed by atoms with Crippen molar-refractivity contribution in [3.63, 3.8) is 0 Å². The van der Waals surface area contributed by atoms with Gasteiger partial charge in [-0.3, -0.25) is 0 Å². The summed E-state index contributed by atoms with van der Waals surface area (Å²) in [6.07, 6.45) is 2.41. The van der Waals surface area contributed by atoms with Crippen molar-refractivity contribution in [3.8, 4) is 0 Å². The summed E-state index contributed by atoms with van der Waals surface area (Å²) in [5, 5.41) is 10.2. The van der Waals surface area contributed by atoms with Gasteiger partial charge in [0.25, 0.3) is 0 Å². The maximum absolute atomic E-state index is 12.0. The van der Waals surface area contributed by atoms with Gasteiger partial charge in [0.15, 0.2) is 0 Å². The normalized spacial score (nSPS) is 18.7. The van der Waals surface area contributed by atoms with Gasteiger partial charge >= 0.3 is 5.63 Å². The van der Waals surface area contributed by atoms with Crippen LogP contribution in [-0.2, 0) is 6.54 Å². The van der Waals surface area contributed by atoms with Crippen LogP contribution >= 0.6 is 0 Å². The van der Waals surface area contributed by atoms with E-state index >= 15 is 0 Å². The predicted octanol–water partition coefficient (Wildman–Crippen LogP) is 2.55. The van der Waals surface area contributed by atoms with Gasteiger partial charge in [0.05, 0.1) is 6.61 Å². The van der Waals surface area contributed by atoms with E-state index in [0.29, 0.717) is 11.5 Å². The second-order valence-electron chi connectivity index (χ2n) is 7.78. The predicted molar refractivity (Wildman–Crippen MR) is 105 cm³/mol. The summed E-state index contributed by atoms with van der Waals surface area (Å²) >= 11 is 0. The summed E-state index contributed by atoms with van der Waals surface area (Å²) in [7, 11) is 2.12. The number of β-amino-alcohol motifs (C(OH)–C–C–N with tert-alkyl or cyclic N) is 1. The Bertz CT molecular complexity index is 813. The first kappa shape index (κ1) is 19.1. The molecular weight excluding hydrogens is 328 g/mol. The fraction of sp³-hybridized carbons (Fsp3) is 0.571. The number of piperidine rings is 1. The molecule has 2 aromatic rings. The van der Waals surface area contributed by atoms with Gasteiger partial charge in [-0.25, -0.2) is 4.79 Å². The van der Waals surface area contributed by atoms with E-state index in [0.717, 1.165) is 49.2 Å². The van der Waals surface area contributed by atoms with Gasteiger partial charge in [-0.2, -0.15) is 0 Å². The number of fused-ring (bicyclic) bond motifs is 1. The molecular formula is C21H30N2O3. The van der Waals surface area contributed by atoms with Crippen LogP contribution in [0, 0.1) is 19.8 Å². The highest BCUT2D eigenvalue weighted by atomic mass is 16.4. The van der Waals surface area contributed by atoms with E-state index < -0.39 is 0 Å². The second kappa shape index (κ2) is 8.33. The van der Waals surface area contributed by atoms with E-state index in [-0.39, 0.29) is 12.2 Å². The number of aliphatic hydroxyl groups is 1. The van der Waals surface area contributed by atoms with E-state index in [4.69, 9.17) is 9.52 Å². The molecule has 1 unspecified atom stereocenters. The van der Waals surface area contributed by atoms with Gasteiger partial charge in [0.1, 0.15) is 5.58 Å². The van der Waals surface area contributed by atoms with Crippen molar-refractivity contribution in [2.45, 2.75) is 33.2 Å². The number of aryl methyl sites for hydroxylation is 2. The van der Waals surface area contributed by atoms with Crippen LogP contribution in [0.5, 0.6) is 0 Å². The Balaban J connectivity index is 1.75. The molecule has 1 aliphatic rings. The van der Waals surface area contributed by atoms with Crippen molar-refractivity contribution in [1.29, 1.82) is 0 Å². The number of hydrogen-bond acceptors (Lipinski definition) is 5. The van der Waals surface area contributed by atoms with E-state index in [2.05, 4.69) is 35.9 Å². The molecule has 142 valence electrons. The fourth-order valence-corrected chi connectivity index (χ4v) is 4.25. The first-order valence-corrected chi connectivity index (χ1v) is 9.52. The zero-order valence-corrected chi connectivity index (χ0v) is 16.1. The van der Waals surface area contributed by atoms with Crippen LogP contribution in [-0.4, -0.2) is 54.7 Å². The largest absolute Gasteiger partial charge is 0.422 e. The van der Waals surface area contributed by atoms with E-state index in [1.54, 1.807) is 6.07 Å². The molecule has 1 atom stereocenters. The van der Waals surface area contributed by atoms with Crippen LogP contribution in [0.15, 0.2) is 27.4 Å². The Morgan fingerprint density at radius 3 is 2.88 bits per heavy atom. The third-order valence-corrected chi connectivity index (χ3v) is 5.29. The average Bonchev–Trinajstić information content (AvgIpc) is 2.56. The third kappa shape index (κ3) is 4.53. The van der Waals surface area contributed by atoms with Crippen molar-refractivity contribution in [3.05, 3.63) is 45.3 Å². The number of aliphatic hydroxyl groups excluding tert-OH is 1. The maximum atomic E-state index is 12.0. The molecule has 3 rings (SSSR count). The van der Waals surface area contributed by atoms with E-state index in [9.17, 15) is 4.79 Å². The van der Waals surface area contributed by atoms with Gasteiger partial charge in [0.2, 0.25) is 0 Å². The van der Waals surface area contributed by atoms with Gasteiger partial charge in [0, 0.05) is 37.6 Å². The van der Waals surface area contributed by atoms with Crippen molar-refractivity contribution < 1.29 is 9.52 Å². The maximum Gasteiger partial charge on any atom is 0.336 e. The lowest BCUT2D eigenvalue weighted by Gasteiger charge is -2.34. The van der Waals surface area contributed by atoms with Gasteiger partial charge in [-0.15, -0.1) is 0 Å². The molecule has 1 aliphatic heterocycles. The minimum atomic E-state index is -0.278. The molecule has 0 radical (unpaired) electrons. The Morgan fingerprint density at radius 2 is 2.12 bits per heavy atom. The number of rotatable bonds is 6. The van der Waals surface area contributed by atoms with Crippen LogP contribution in [0.4, 0.5) is 0 Å². The minimum Gasteiger partial charge on any atom is -0.422 e. The molecule has 26 heavy (non-hydrogen) atoms. The Morgan fingerprint density at radius 1 is 1.31 bits per heavy atom. The molecule has 5 nitrogen and oxygen atoms in total. The molecule has 2 heterocycles. The molecule has 1 aromatic heterocycles. The van der Waals surface area contributed by atoms with Gasteiger partial charge < -0.3 is 19.3 Å². The molecule has 5 heteroatoms. The van der Waals surface area contributed by atoms with Gasteiger partial charge in [-0.05, 0) is 69.0 Å². The molecule has 0 bridgehead atoms. The average molecular weight is 358 g/mol. The van der Waals surface area contributed by atoms with Crippen LogP contribution in [0.2, 0.25) is 0 Å². The van der Waals surface area contributed by atoms with Crippen LogP contribution in [0.1, 0.15) is 29.5 Å². The molecule has 0 amide bonds. The SMILES string of the molecule is Cc1cc(C)c2oc(=O)cc(CN(C)CC3CCCN(CCO)C3)c2c1. The quantitative estimate of drug-likeness (QED) is 0.804. The monoisotopic (exact) mass is 358 g/mol. The standard InChI is InChI=1S/C21H30N2O3/c1-15-9-16(2)21-19(10-15)18(11-20(25)26-21)14-22(3)12-17-5-4-6-23(13-17)7-8-24/h9-11,17,24H,4-8,12-14H2,1-3H3. The molecule has 1 fully saturated rings. The Kier molecular flexibility index (Phi) is 6.12. The van der Waals surface area contributed by atoms with Crippen LogP contribution in [0.3, 0.4) is 0 Å². The van der Waals surface area contributed by atoms with Crippen molar-refractivity contribution in [2.24, 2.45) is 5.92 Å². The third-order valence-electron chi connectivity index (χ3n) is 5.29. The van der Waals surface area contributed by atoms with Crippen molar-refractivity contribution >= 4 is 11.0 Å². The summed E-state index contributed by atoms with van der Waals surface area (Å²) in [4.78, 5) is 16.7. The Labute approximate surface area is 155 Å². The van der Waals surface area contributed by atoms with E-state index in [1.807, 2.05) is 6.92 Å². The summed E-state index contributed by atoms with van der Waals surface area (Å²) in [5.74, 6) is 0.607. The first-order valence-electron chi connectivity index (χ1n) is 9.52. The van der Waals surface area contributed by atoms with Crippen LogP contribution in [0.25, 0.3) is 11.0 Å².